The van der Waals surface area contributed by atoms with Crippen LogP contribution in [-0.4, -0.2) is 84.9 Å². The lowest BCUT2D eigenvalue weighted by Crippen LogP contribution is -2.74. The predicted molar refractivity (Wildman–Crippen MR) is 171 cm³/mol. The number of nitrogens with one attached hydrogen (secondary N) is 1. The molecule has 0 spiro atoms. The minimum atomic E-state index is -1.71. The van der Waals surface area contributed by atoms with Gasteiger partial charge in [-0.1, -0.05) is 17.3 Å². The van der Waals surface area contributed by atoms with Gasteiger partial charge in [-0.3, -0.25) is 18.7 Å². The van der Waals surface area contributed by atoms with Gasteiger partial charge >= 0.3 is 11.9 Å². The van der Waals surface area contributed by atoms with E-state index in [1.54, 1.807) is 57.3 Å². The van der Waals surface area contributed by atoms with Crippen molar-refractivity contribution in [3.63, 3.8) is 0 Å². The van der Waals surface area contributed by atoms with E-state index in [0.29, 0.717) is 16.3 Å². The number of hydrogen-bond acceptors (Lipinski definition) is 12. The van der Waals surface area contributed by atoms with Gasteiger partial charge in [-0.2, -0.15) is 0 Å². The van der Waals surface area contributed by atoms with Gasteiger partial charge in [-0.15, -0.1) is 22.9 Å². The van der Waals surface area contributed by atoms with Crippen molar-refractivity contribution >= 4 is 63.2 Å². The Bertz CT molecular complexity index is 1610. The number of carbonyl (C=O) groups is 4. The van der Waals surface area contributed by atoms with Crippen LogP contribution in [0.1, 0.15) is 50.9 Å². The second-order valence-electron chi connectivity index (χ2n) is 11.9. The maximum absolute atomic E-state index is 13.6. The Balaban J connectivity index is 1.53. The molecule has 2 amide bonds. The number of ether oxygens (including phenoxy) is 3. The topological polar surface area (TPSA) is 163 Å². The number of halogens is 1. The van der Waals surface area contributed by atoms with Crippen molar-refractivity contribution < 1.29 is 42.4 Å². The molecule has 1 aromatic carbocycles. The van der Waals surface area contributed by atoms with Gasteiger partial charge in [-0.05, 0) is 64.8 Å². The quantitative estimate of drug-likeness (QED) is 0.122. The molecule has 2 aromatic rings. The van der Waals surface area contributed by atoms with E-state index < -0.39 is 57.2 Å². The molecule has 46 heavy (non-hydrogen) atoms. The Morgan fingerprint density at radius 3 is 2.41 bits per heavy atom. The van der Waals surface area contributed by atoms with E-state index in [1.165, 1.54) is 32.3 Å². The van der Waals surface area contributed by atoms with E-state index in [0.717, 1.165) is 4.90 Å². The number of methoxy groups -OCH3 is 1. The highest BCUT2D eigenvalue weighted by atomic mass is 35.5. The van der Waals surface area contributed by atoms with Crippen LogP contribution >= 0.6 is 22.9 Å². The summed E-state index contributed by atoms with van der Waals surface area (Å²) in [5, 5.41) is 7.65. The molecule has 1 saturated heterocycles. The molecule has 16 heteroatoms. The van der Waals surface area contributed by atoms with Crippen molar-refractivity contribution in [1.29, 1.82) is 0 Å². The number of fused-ring (bicyclic) bond motifs is 1. The van der Waals surface area contributed by atoms with E-state index in [1.807, 2.05) is 0 Å². The van der Waals surface area contributed by atoms with Crippen molar-refractivity contribution in [2.24, 2.45) is 5.16 Å². The fourth-order valence-electron chi connectivity index (χ4n) is 4.37. The monoisotopic (exact) mass is 694 g/mol. The van der Waals surface area contributed by atoms with E-state index >= 15 is 0 Å². The molecular formula is C30H35ClN4O9S2. The minimum Gasteiger partial charge on any atom is -0.497 e. The Morgan fingerprint density at radius 2 is 1.85 bits per heavy atom. The summed E-state index contributed by atoms with van der Waals surface area (Å²) in [5.41, 5.74) is -1.69. The fraction of sp³-hybridized carbons (Fsp3) is 0.467. The first-order valence-electron chi connectivity index (χ1n) is 14.1. The van der Waals surface area contributed by atoms with Gasteiger partial charge in [-0.25, -0.2) is 14.6 Å². The first-order chi connectivity index (χ1) is 21.6. The van der Waals surface area contributed by atoms with Crippen LogP contribution in [0.3, 0.4) is 0 Å². The number of aryl methyl sites for hydroxylation is 1. The lowest BCUT2D eigenvalue weighted by Gasteiger charge is -2.49. The zero-order chi connectivity index (χ0) is 34.0. The molecular weight excluding hydrogens is 660 g/mol. The molecule has 1 fully saturated rings. The molecule has 13 nitrogen and oxygen atoms in total. The number of aromatic nitrogens is 1. The van der Waals surface area contributed by atoms with Gasteiger partial charge in [0.2, 0.25) is 5.60 Å². The van der Waals surface area contributed by atoms with Gasteiger partial charge in [0.25, 0.3) is 11.8 Å². The van der Waals surface area contributed by atoms with Gasteiger partial charge < -0.3 is 24.4 Å². The van der Waals surface area contributed by atoms with Gasteiger partial charge in [0.05, 0.1) is 28.7 Å². The minimum absolute atomic E-state index is 0.0929. The first-order valence-corrected chi connectivity index (χ1v) is 16.9. The Kier molecular flexibility index (Phi) is 10.6. The molecule has 2 aliphatic heterocycles. The summed E-state index contributed by atoms with van der Waals surface area (Å²) in [6, 6.07) is 5.62. The number of esters is 2. The number of rotatable bonds is 11. The van der Waals surface area contributed by atoms with Crippen LogP contribution in [0.4, 0.5) is 0 Å². The normalized spacial score (nSPS) is 20.0. The highest BCUT2D eigenvalue weighted by molar-refractivity contribution is 7.86. The Hall–Kier alpha value is -3.82. The SMILES string of the molecule is COc1ccc(COC(=O)C2=C(CCl)CS(=O)[C@@H]3[C@H](NC(=O)/C(=N\OC(C)(C)C(=O)OC(C)(C)C)c4csc(C)n4)C(=O)N23)cc1. The molecule has 248 valence electrons. The third-order valence-electron chi connectivity index (χ3n) is 6.71. The molecule has 3 heterocycles. The summed E-state index contributed by atoms with van der Waals surface area (Å²) in [7, 11) is -0.178. The number of alkyl halides is 1. The number of amides is 2. The van der Waals surface area contributed by atoms with Crippen molar-refractivity contribution in [3.8, 4) is 5.75 Å². The summed E-state index contributed by atoms with van der Waals surface area (Å²) < 4.78 is 29.3. The maximum Gasteiger partial charge on any atom is 0.355 e. The Labute approximate surface area is 277 Å². The smallest absolute Gasteiger partial charge is 0.355 e. The van der Waals surface area contributed by atoms with Crippen LogP contribution in [-0.2, 0) is 50.9 Å². The van der Waals surface area contributed by atoms with E-state index in [4.69, 9.17) is 30.6 Å². The summed E-state index contributed by atoms with van der Waals surface area (Å²) in [5.74, 6) is -2.70. The van der Waals surface area contributed by atoms with E-state index in [9.17, 15) is 23.4 Å². The number of benzene rings is 1. The standard InChI is InChI=1S/C30H35ClN4O9S2/c1-16-32-20(14-45-16)21(34-44-30(5,6)28(39)43-29(2,3)4)24(36)33-22-25(37)35-23(18(12-31)15-46(40)26(22)35)27(38)42-13-17-8-10-19(41-7)11-9-17/h8-11,14,22,26H,12-13,15H2,1-7H3,(H,33,36)/b34-21-/t22-,26-,46?/m1/s1. The third kappa shape index (κ3) is 7.76. The molecule has 1 aromatic heterocycles. The van der Waals surface area contributed by atoms with Crippen molar-refractivity contribution in [2.75, 3.05) is 18.7 Å². The molecule has 1 unspecified atom stereocenters. The number of thiazole rings is 1. The van der Waals surface area contributed by atoms with Crippen LogP contribution in [0.25, 0.3) is 0 Å². The zero-order valence-corrected chi connectivity index (χ0v) is 28.8. The number of β-lactam (4-membered cyclic amide) rings is 1. The van der Waals surface area contributed by atoms with Crippen LogP contribution < -0.4 is 10.1 Å². The second kappa shape index (κ2) is 13.9. The van der Waals surface area contributed by atoms with Gasteiger partial charge in [0.1, 0.15) is 40.8 Å². The average Bonchev–Trinajstić information content (AvgIpc) is 3.42. The summed E-state index contributed by atoms with van der Waals surface area (Å²) in [4.78, 5) is 63.8. The molecule has 4 rings (SSSR count). The molecule has 3 atom stereocenters. The molecule has 0 bridgehead atoms. The van der Waals surface area contributed by atoms with Crippen LogP contribution in [0.15, 0.2) is 46.1 Å². The predicted octanol–water partition coefficient (Wildman–Crippen LogP) is 2.95. The van der Waals surface area contributed by atoms with Crippen molar-refractivity contribution in [1.82, 2.24) is 15.2 Å². The van der Waals surface area contributed by atoms with E-state index in [-0.39, 0.29) is 40.9 Å². The lowest BCUT2D eigenvalue weighted by atomic mass is 10.0. The molecule has 0 radical (unpaired) electrons. The molecule has 2 aliphatic rings. The largest absolute Gasteiger partial charge is 0.497 e. The lowest BCUT2D eigenvalue weighted by molar-refractivity contribution is -0.179. The number of nitrogens with zero attached hydrogens (tertiary/aromatic N) is 3. The summed E-state index contributed by atoms with van der Waals surface area (Å²) >= 11 is 7.34. The van der Waals surface area contributed by atoms with Crippen LogP contribution in [0.5, 0.6) is 5.75 Å². The molecule has 0 aliphatic carbocycles. The third-order valence-corrected chi connectivity index (χ3v) is 9.46. The molecule has 0 saturated carbocycles. The maximum atomic E-state index is 13.6. The average molecular weight is 695 g/mol. The highest BCUT2D eigenvalue weighted by Gasteiger charge is 2.57. The zero-order valence-electron chi connectivity index (χ0n) is 26.4. The Morgan fingerprint density at radius 1 is 1.17 bits per heavy atom. The van der Waals surface area contributed by atoms with E-state index in [2.05, 4.69) is 15.5 Å². The number of hydrogen-bond donors (Lipinski definition) is 1. The van der Waals surface area contributed by atoms with Gasteiger partial charge in [0.15, 0.2) is 5.71 Å². The second-order valence-corrected chi connectivity index (χ2v) is 14.7. The summed E-state index contributed by atoms with van der Waals surface area (Å²) in [6.45, 7) is 9.60. The first kappa shape index (κ1) is 35.0. The fourth-order valence-corrected chi connectivity index (χ4v) is 6.98. The van der Waals surface area contributed by atoms with Crippen LogP contribution in [0.2, 0.25) is 0 Å². The molecule has 1 N–H and O–H groups in total. The van der Waals surface area contributed by atoms with Crippen LogP contribution in [0, 0.1) is 6.92 Å². The van der Waals surface area contributed by atoms with Crippen molar-refractivity contribution in [2.45, 2.75) is 70.8 Å². The van der Waals surface area contributed by atoms with Gasteiger partial charge in [0, 0.05) is 11.3 Å². The highest BCUT2D eigenvalue weighted by Crippen LogP contribution is 2.36. The number of carbonyl (C=O) groups excluding carboxylic acids is 4. The number of oxime groups is 1. The van der Waals surface area contributed by atoms with Crippen molar-refractivity contribution in [3.05, 3.63) is 57.2 Å². The summed E-state index contributed by atoms with van der Waals surface area (Å²) in [6.07, 6.45) is 0.